The third kappa shape index (κ3) is 4.33. The zero-order valence-electron chi connectivity index (χ0n) is 11.2. The number of amides is 1. The van der Waals surface area contributed by atoms with E-state index in [9.17, 15) is 9.59 Å². The van der Waals surface area contributed by atoms with Crippen LogP contribution in [-0.4, -0.2) is 47.3 Å². The number of esters is 1. The average Bonchev–Trinajstić information content (AvgIpc) is 2.69. The van der Waals surface area contributed by atoms with Gasteiger partial charge < -0.3 is 9.84 Å². The lowest BCUT2D eigenvalue weighted by molar-refractivity contribution is -0.151. The van der Waals surface area contributed by atoms with Crippen LogP contribution in [0.5, 0.6) is 0 Å². The first kappa shape index (κ1) is 15.1. The van der Waals surface area contributed by atoms with Crippen molar-refractivity contribution in [2.24, 2.45) is 10.5 Å². The van der Waals surface area contributed by atoms with Gasteiger partial charge in [0.25, 0.3) is 0 Å². The SMILES string of the molecule is CC(C)(C)COC(=O)[C@@H]1C[C@H](N=[N+]=[N-])CN1C(=O)O. The van der Waals surface area contributed by atoms with Crippen molar-refractivity contribution >= 4 is 12.1 Å². The van der Waals surface area contributed by atoms with E-state index < -0.39 is 24.1 Å². The molecule has 0 radical (unpaired) electrons. The molecule has 0 aliphatic carbocycles. The molecule has 0 aromatic heterocycles. The molecule has 2 atom stereocenters. The van der Waals surface area contributed by atoms with E-state index >= 15 is 0 Å². The number of likely N-dealkylation sites (tertiary alicyclic amines) is 1. The Morgan fingerprint density at radius 1 is 1.53 bits per heavy atom. The summed E-state index contributed by atoms with van der Waals surface area (Å²) in [5, 5.41) is 12.5. The fourth-order valence-corrected chi connectivity index (χ4v) is 1.79. The third-order valence-electron chi connectivity index (χ3n) is 2.66. The van der Waals surface area contributed by atoms with Crippen LogP contribution in [0.25, 0.3) is 10.4 Å². The van der Waals surface area contributed by atoms with E-state index in [1.165, 1.54) is 0 Å². The second kappa shape index (κ2) is 5.79. The highest BCUT2D eigenvalue weighted by atomic mass is 16.5. The minimum Gasteiger partial charge on any atom is -0.465 e. The van der Waals surface area contributed by atoms with Crippen LogP contribution in [0.1, 0.15) is 27.2 Å². The number of hydrogen-bond donors (Lipinski definition) is 1. The normalized spacial score (nSPS) is 22.8. The molecular formula is C11H18N4O4. The quantitative estimate of drug-likeness (QED) is 0.365. The van der Waals surface area contributed by atoms with Crippen LogP contribution in [0.3, 0.4) is 0 Å². The number of carbonyl (C=O) groups excluding carboxylic acids is 1. The molecule has 1 amide bonds. The van der Waals surface area contributed by atoms with Crippen molar-refractivity contribution in [3.8, 4) is 0 Å². The van der Waals surface area contributed by atoms with Crippen molar-refractivity contribution in [2.75, 3.05) is 13.2 Å². The molecule has 1 heterocycles. The number of carboxylic acid groups (broad SMARTS) is 1. The lowest BCUT2D eigenvalue weighted by Crippen LogP contribution is -2.41. The van der Waals surface area contributed by atoms with E-state index in [2.05, 4.69) is 10.0 Å². The molecular weight excluding hydrogens is 252 g/mol. The number of carbonyl (C=O) groups is 2. The van der Waals surface area contributed by atoms with Crippen molar-refractivity contribution in [3.05, 3.63) is 10.4 Å². The molecule has 8 nitrogen and oxygen atoms in total. The van der Waals surface area contributed by atoms with Gasteiger partial charge in [-0.3, -0.25) is 4.90 Å². The molecule has 106 valence electrons. The minimum absolute atomic E-state index is 0.0225. The Kier molecular flexibility index (Phi) is 4.61. The molecule has 0 aromatic rings. The molecule has 1 aliphatic rings. The summed E-state index contributed by atoms with van der Waals surface area (Å²) in [6.45, 7) is 5.96. The number of rotatable bonds is 3. The van der Waals surface area contributed by atoms with Gasteiger partial charge >= 0.3 is 12.1 Å². The second-order valence-electron chi connectivity index (χ2n) is 5.71. The molecule has 0 saturated carbocycles. The van der Waals surface area contributed by atoms with Gasteiger partial charge in [0.2, 0.25) is 0 Å². The lowest BCUT2D eigenvalue weighted by Gasteiger charge is -2.23. The van der Waals surface area contributed by atoms with Crippen LogP contribution in [-0.2, 0) is 9.53 Å². The molecule has 1 N–H and O–H groups in total. The van der Waals surface area contributed by atoms with E-state index in [0.29, 0.717) is 0 Å². The fourth-order valence-electron chi connectivity index (χ4n) is 1.79. The van der Waals surface area contributed by atoms with Crippen LogP contribution in [0.2, 0.25) is 0 Å². The Balaban J connectivity index is 2.70. The average molecular weight is 270 g/mol. The largest absolute Gasteiger partial charge is 0.465 e. The Hall–Kier alpha value is -1.95. The first-order valence-electron chi connectivity index (χ1n) is 5.95. The first-order valence-corrected chi connectivity index (χ1v) is 5.95. The molecule has 1 saturated heterocycles. The molecule has 0 aromatic carbocycles. The van der Waals surface area contributed by atoms with Gasteiger partial charge in [0, 0.05) is 11.5 Å². The molecule has 1 rings (SSSR count). The van der Waals surface area contributed by atoms with Gasteiger partial charge in [-0.2, -0.15) is 0 Å². The Bertz CT molecular complexity index is 411. The number of azide groups is 1. The predicted molar refractivity (Wildman–Crippen MR) is 66.5 cm³/mol. The Morgan fingerprint density at radius 2 is 2.16 bits per heavy atom. The maximum atomic E-state index is 11.9. The Morgan fingerprint density at radius 3 is 2.63 bits per heavy atom. The van der Waals surface area contributed by atoms with Crippen LogP contribution in [0, 0.1) is 5.41 Å². The standard InChI is InChI=1S/C11H18N4O4/c1-11(2,3)6-19-9(16)8-4-7(13-14-12)5-15(8)10(17)18/h7-8H,4-6H2,1-3H3,(H,17,18)/t7-,8-/m0/s1. The number of nitrogens with zero attached hydrogens (tertiary/aromatic N) is 4. The van der Waals surface area contributed by atoms with E-state index in [-0.39, 0.29) is 25.0 Å². The van der Waals surface area contributed by atoms with Gasteiger partial charge in [-0.1, -0.05) is 25.9 Å². The lowest BCUT2D eigenvalue weighted by atomic mass is 9.99. The smallest absolute Gasteiger partial charge is 0.408 e. The second-order valence-corrected chi connectivity index (χ2v) is 5.71. The summed E-state index contributed by atoms with van der Waals surface area (Å²) < 4.78 is 5.12. The maximum Gasteiger partial charge on any atom is 0.408 e. The van der Waals surface area contributed by atoms with Gasteiger partial charge in [-0.25, -0.2) is 9.59 Å². The highest BCUT2D eigenvalue weighted by molar-refractivity contribution is 5.81. The monoisotopic (exact) mass is 270 g/mol. The van der Waals surface area contributed by atoms with E-state index in [0.717, 1.165) is 4.90 Å². The first-order chi connectivity index (χ1) is 8.74. The highest BCUT2D eigenvalue weighted by Crippen LogP contribution is 2.23. The summed E-state index contributed by atoms with van der Waals surface area (Å²) in [4.78, 5) is 26.6. The van der Waals surface area contributed by atoms with Crippen molar-refractivity contribution in [3.63, 3.8) is 0 Å². The van der Waals surface area contributed by atoms with E-state index in [1.807, 2.05) is 20.8 Å². The summed E-state index contributed by atoms with van der Waals surface area (Å²) in [6, 6.07) is -1.41. The zero-order valence-corrected chi connectivity index (χ0v) is 11.2. The molecule has 1 fully saturated rings. The minimum atomic E-state index is -1.21. The molecule has 8 heteroatoms. The summed E-state index contributed by atoms with van der Waals surface area (Å²) in [7, 11) is 0. The van der Waals surface area contributed by atoms with Gasteiger partial charge in [-0.15, -0.1) is 0 Å². The number of ether oxygens (including phenoxy) is 1. The van der Waals surface area contributed by atoms with E-state index in [1.54, 1.807) is 0 Å². The van der Waals surface area contributed by atoms with Crippen molar-refractivity contribution in [1.82, 2.24) is 4.90 Å². The fraction of sp³-hybridized carbons (Fsp3) is 0.818. The van der Waals surface area contributed by atoms with Crippen molar-refractivity contribution in [1.29, 1.82) is 0 Å². The number of hydrogen-bond acceptors (Lipinski definition) is 4. The summed E-state index contributed by atoms with van der Waals surface area (Å²) in [5.41, 5.74) is 8.17. The Labute approximate surface area is 111 Å². The van der Waals surface area contributed by atoms with Gasteiger partial charge in [0.1, 0.15) is 6.04 Å². The van der Waals surface area contributed by atoms with Gasteiger partial charge in [0.15, 0.2) is 0 Å². The summed E-state index contributed by atoms with van der Waals surface area (Å²) >= 11 is 0. The zero-order chi connectivity index (χ0) is 14.6. The molecule has 0 spiro atoms. The molecule has 0 unspecified atom stereocenters. The molecule has 0 bridgehead atoms. The molecule has 19 heavy (non-hydrogen) atoms. The van der Waals surface area contributed by atoms with Crippen molar-refractivity contribution < 1.29 is 19.4 Å². The van der Waals surface area contributed by atoms with Crippen molar-refractivity contribution in [2.45, 2.75) is 39.3 Å². The topological polar surface area (TPSA) is 116 Å². The van der Waals surface area contributed by atoms with Crippen LogP contribution < -0.4 is 0 Å². The van der Waals surface area contributed by atoms with Crippen LogP contribution in [0.15, 0.2) is 5.11 Å². The maximum absolute atomic E-state index is 11.9. The summed E-state index contributed by atoms with van der Waals surface area (Å²) in [6.07, 6.45) is -1.05. The third-order valence-corrected chi connectivity index (χ3v) is 2.66. The van der Waals surface area contributed by atoms with Crippen LogP contribution >= 0.6 is 0 Å². The van der Waals surface area contributed by atoms with Crippen LogP contribution in [0.4, 0.5) is 4.79 Å². The predicted octanol–water partition coefficient (Wildman–Crippen LogP) is 2.01. The van der Waals surface area contributed by atoms with E-state index in [4.69, 9.17) is 15.4 Å². The van der Waals surface area contributed by atoms with Gasteiger partial charge in [-0.05, 0) is 17.4 Å². The van der Waals surface area contributed by atoms with Gasteiger partial charge in [0.05, 0.1) is 12.6 Å². The molecule has 1 aliphatic heterocycles. The highest BCUT2D eigenvalue weighted by Gasteiger charge is 2.40. The summed E-state index contributed by atoms with van der Waals surface area (Å²) in [5.74, 6) is -0.590.